The maximum absolute atomic E-state index is 11.9. The summed E-state index contributed by atoms with van der Waals surface area (Å²) in [6.07, 6.45) is -1.25. The van der Waals surface area contributed by atoms with Gasteiger partial charge in [0.25, 0.3) is 0 Å². The standard InChI is InChI=1S/C17H14O4/c1-11(18)20-15(12-7-3-2-4-8-12)16-13-9-5-6-10-14(13)17(19)21-16/h2-10,15-16H,1H3. The molecule has 106 valence electrons. The molecule has 21 heavy (non-hydrogen) atoms. The number of benzene rings is 2. The minimum absolute atomic E-state index is 0.385. The Labute approximate surface area is 122 Å². The lowest BCUT2D eigenvalue weighted by atomic mass is 9.96. The molecular formula is C17H14O4. The van der Waals surface area contributed by atoms with Crippen molar-refractivity contribution in [2.45, 2.75) is 19.1 Å². The molecule has 0 bridgehead atoms. The molecule has 0 amide bonds. The van der Waals surface area contributed by atoms with E-state index in [4.69, 9.17) is 9.47 Å². The third-order valence-electron chi connectivity index (χ3n) is 3.42. The largest absolute Gasteiger partial charge is 0.453 e. The Kier molecular flexibility index (Phi) is 3.44. The first kappa shape index (κ1) is 13.4. The summed E-state index contributed by atoms with van der Waals surface area (Å²) in [4.78, 5) is 23.3. The molecule has 0 aliphatic carbocycles. The lowest BCUT2D eigenvalue weighted by molar-refractivity contribution is -0.153. The van der Waals surface area contributed by atoms with E-state index in [9.17, 15) is 9.59 Å². The zero-order valence-electron chi connectivity index (χ0n) is 11.5. The van der Waals surface area contributed by atoms with E-state index in [1.165, 1.54) is 6.92 Å². The SMILES string of the molecule is CC(=O)OC(c1ccccc1)C1OC(=O)c2ccccc21. The maximum atomic E-state index is 11.9. The van der Waals surface area contributed by atoms with Crippen LogP contribution in [-0.4, -0.2) is 11.9 Å². The zero-order valence-corrected chi connectivity index (χ0v) is 11.5. The number of ether oxygens (including phenoxy) is 2. The molecule has 0 radical (unpaired) electrons. The van der Waals surface area contributed by atoms with Crippen LogP contribution in [0.15, 0.2) is 54.6 Å². The summed E-state index contributed by atoms with van der Waals surface area (Å²) in [5.74, 6) is -0.798. The lowest BCUT2D eigenvalue weighted by Crippen LogP contribution is -2.17. The van der Waals surface area contributed by atoms with Crippen LogP contribution in [0, 0.1) is 0 Å². The van der Waals surface area contributed by atoms with Crippen LogP contribution >= 0.6 is 0 Å². The minimum Gasteiger partial charge on any atom is -0.453 e. The molecule has 0 saturated carbocycles. The Hall–Kier alpha value is -2.62. The van der Waals surface area contributed by atoms with Crippen LogP contribution in [0.4, 0.5) is 0 Å². The first-order valence-electron chi connectivity index (χ1n) is 6.69. The van der Waals surface area contributed by atoms with Crippen molar-refractivity contribution >= 4 is 11.9 Å². The predicted octanol–water partition coefficient (Wildman–Crippen LogP) is 3.20. The third kappa shape index (κ3) is 2.52. The van der Waals surface area contributed by atoms with Crippen molar-refractivity contribution in [2.75, 3.05) is 0 Å². The average Bonchev–Trinajstić information content (AvgIpc) is 2.83. The van der Waals surface area contributed by atoms with Gasteiger partial charge in [-0.05, 0) is 11.6 Å². The minimum atomic E-state index is -0.642. The van der Waals surface area contributed by atoms with Gasteiger partial charge in [0.05, 0.1) is 5.56 Å². The lowest BCUT2D eigenvalue weighted by Gasteiger charge is -2.23. The van der Waals surface area contributed by atoms with Gasteiger partial charge >= 0.3 is 11.9 Å². The van der Waals surface area contributed by atoms with Crippen molar-refractivity contribution < 1.29 is 19.1 Å². The second kappa shape index (κ2) is 5.40. The van der Waals surface area contributed by atoms with Gasteiger partial charge in [-0.2, -0.15) is 0 Å². The van der Waals surface area contributed by atoms with Gasteiger partial charge < -0.3 is 9.47 Å². The highest BCUT2D eigenvalue weighted by Crippen LogP contribution is 2.41. The quantitative estimate of drug-likeness (QED) is 0.811. The van der Waals surface area contributed by atoms with E-state index in [2.05, 4.69) is 0 Å². The number of carbonyl (C=O) groups excluding carboxylic acids is 2. The molecule has 1 heterocycles. The highest BCUT2D eigenvalue weighted by atomic mass is 16.6. The summed E-state index contributed by atoms with van der Waals surface area (Å²) in [7, 11) is 0. The molecule has 1 aliphatic rings. The smallest absolute Gasteiger partial charge is 0.339 e. The topological polar surface area (TPSA) is 52.6 Å². The molecule has 2 aromatic carbocycles. The van der Waals surface area contributed by atoms with Crippen LogP contribution in [0.5, 0.6) is 0 Å². The molecule has 0 fully saturated rings. The van der Waals surface area contributed by atoms with Crippen molar-refractivity contribution in [3.05, 3.63) is 71.3 Å². The Balaban J connectivity index is 2.02. The van der Waals surface area contributed by atoms with Gasteiger partial charge in [0.1, 0.15) is 0 Å². The molecule has 0 saturated heterocycles. The number of hydrogen-bond donors (Lipinski definition) is 0. The van der Waals surface area contributed by atoms with Crippen molar-refractivity contribution in [1.29, 1.82) is 0 Å². The van der Waals surface area contributed by atoms with Crippen molar-refractivity contribution in [1.82, 2.24) is 0 Å². The van der Waals surface area contributed by atoms with Gasteiger partial charge in [-0.1, -0.05) is 48.5 Å². The Morgan fingerprint density at radius 1 is 1.10 bits per heavy atom. The fourth-order valence-corrected chi connectivity index (χ4v) is 2.52. The van der Waals surface area contributed by atoms with E-state index in [0.29, 0.717) is 5.56 Å². The second-order valence-electron chi connectivity index (χ2n) is 4.85. The monoisotopic (exact) mass is 282 g/mol. The Bertz CT molecular complexity index is 678. The van der Waals surface area contributed by atoms with Crippen LogP contribution in [0.1, 0.15) is 40.6 Å². The molecule has 0 N–H and O–H groups in total. The van der Waals surface area contributed by atoms with Gasteiger partial charge in [-0.25, -0.2) is 4.79 Å². The molecule has 1 aliphatic heterocycles. The summed E-state index contributed by atoms with van der Waals surface area (Å²) in [5, 5.41) is 0. The molecule has 2 atom stereocenters. The van der Waals surface area contributed by atoms with E-state index in [-0.39, 0.29) is 5.97 Å². The Morgan fingerprint density at radius 3 is 2.48 bits per heavy atom. The van der Waals surface area contributed by atoms with E-state index in [1.54, 1.807) is 12.1 Å². The van der Waals surface area contributed by atoms with E-state index in [1.807, 2.05) is 42.5 Å². The normalized spacial score (nSPS) is 17.8. The summed E-state index contributed by atoms with van der Waals surface area (Å²) >= 11 is 0. The molecule has 0 spiro atoms. The van der Waals surface area contributed by atoms with Crippen LogP contribution in [0.3, 0.4) is 0 Å². The van der Waals surface area contributed by atoms with E-state index in [0.717, 1.165) is 11.1 Å². The third-order valence-corrected chi connectivity index (χ3v) is 3.42. The second-order valence-corrected chi connectivity index (χ2v) is 4.85. The average molecular weight is 282 g/mol. The summed E-state index contributed by atoms with van der Waals surface area (Å²) in [6, 6.07) is 16.4. The van der Waals surface area contributed by atoms with Crippen LogP contribution < -0.4 is 0 Å². The van der Waals surface area contributed by atoms with Gasteiger partial charge in [0.15, 0.2) is 12.2 Å². The number of esters is 2. The molecule has 4 nitrogen and oxygen atoms in total. The van der Waals surface area contributed by atoms with Gasteiger partial charge in [-0.15, -0.1) is 0 Å². The summed E-state index contributed by atoms with van der Waals surface area (Å²) in [6.45, 7) is 1.35. The van der Waals surface area contributed by atoms with Crippen LogP contribution in [0.2, 0.25) is 0 Å². The van der Waals surface area contributed by atoms with Crippen LogP contribution in [0.25, 0.3) is 0 Å². The fraction of sp³-hybridized carbons (Fsp3) is 0.176. The number of rotatable bonds is 3. The molecule has 3 rings (SSSR count). The first-order valence-corrected chi connectivity index (χ1v) is 6.69. The van der Waals surface area contributed by atoms with Gasteiger partial charge in [-0.3, -0.25) is 4.79 Å². The van der Waals surface area contributed by atoms with Crippen molar-refractivity contribution in [3.63, 3.8) is 0 Å². The van der Waals surface area contributed by atoms with Gasteiger partial charge in [0, 0.05) is 12.5 Å². The molecule has 2 unspecified atom stereocenters. The maximum Gasteiger partial charge on any atom is 0.339 e. The van der Waals surface area contributed by atoms with Crippen LogP contribution in [-0.2, 0) is 14.3 Å². The molecule has 0 aromatic heterocycles. The van der Waals surface area contributed by atoms with Crippen molar-refractivity contribution in [3.8, 4) is 0 Å². The molecule has 2 aromatic rings. The highest BCUT2D eigenvalue weighted by molar-refractivity contribution is 5.94. The Morgan fingerprint density at radius 2 is 1.76 bits per heavy atom. The number of carbonyl (C=O) groups is 2. The van der Waals surface area contributed by atoms with E-state index >= 15 is 0 Å². The number of hydrogen-bond acceptors (Lipinski definition) is 4. The number of cyclic esters (lactones) is 1. The summed E-state index contributed by atoms with van der Waals surface area (Å²) in [5.41, 5.74) is 2.07. The van der Waals surface area contributed by atoms with Crippen molar-refractivity contribution in [2.24, 2.45) is 0 Å². The highest BCUT2D eigenvalue weighted by Gasteiger charge is 2.38. The van der Waals surface area contributed by atoms with Gasteiger partial charge in [0.2, 0.25) is 0 Å². The first-order chi connectivity index (χ1) is 10.2. The predicted molar refractivity (Wildman–Crippen MR) is 75.5 cm³/mol. The van der Waals surface area contributed by atoms with E-state index < -0.39 is 18.2 Å². The molecule has 4 heteroatoms. The fourth-order valence-electron chi connectivity index (χ4n) is 2.52. The summed E-state index contributed by atoms with van der Waals surface area (Å²) < 4.78 is 10.8. The zero-order chi connectivity index (χ0) is 14.8. The number of fused-ring (bicyclic) bond motifs is 1. The molecular weight excluding hydrogens is 268 g/mol.